The van der Waals surface area contributed by atoms with Crippen molar-refractivity contribution in [2.75, 3.05) is 19.6 Å². The minimum atomic E-state index is -0.353. The Kier molecular flexibility index (Phi) is 7.59. The van der Waals surface area contributed by atoms with E-state index < -0.39 is 0 Å². The molecule has 0 bridgehead atoms. The third-order valence-electron chi connectivity index (χ3n) is 3.09. The van der Waals surface area contributed by atoms with E-state index in [9.17, 15) is 14.4 Å². The fraction of sp³-hybridized carbons (Fsp3) is 0.533. The lowest BCUT2D eigenvalue weighted by Gasteiger charge is -2.23. The van der Waals surface area contributed by atoms with E-state index in [0.717, 1.165) is 4.88 Å². The van der Waals surface area contributed by atoms with Gasteiger partial charge < -0.3 is 15.5 Å². The van der Waals surface area contributed by atoms with E-state index in [4.69, 9.17) is 0 Å². The summed E-state index contributed by atoms with van der Waals surface area (Å²) in [7, 11) is 0. The molecule has 1 aromatic heterocycles. The molecule has 0 saturated heterocycles. The minimum Gasteiger partial charge on any atom is -0.355 e. The van der Waals surface area contributed by atoms with E-state index in [1.165, 1.54) is 23.2 Å². The molecule has 0 fully saturated rings. The standard InChI is InChI=1S/C15H23N3O3S/c1-4-16-14(20)10-18(5-2)15(21)9-12(17-11(3)19)13-7-6-8-22-13/h6-8,12H,4-5,9-10H2,1-3H3,(H,16,20)(H,17,19). The Morgan fingerprint density at radius 3 is 2.55 bits per heavy atom. The summed E-state index contributed by atoms with van der Waals surface area (Å²) in [6.07, 6.45) is 0.146. The highest BCUT2D eigenvalue weighted by Crippen LogP contribution is 2.22. The number of nitrogens with one attached hydrogen (secondary N) is 2. The summed E-state index contributed by atoms with van der Waals surface area (Å²) in [5.74, 6) is -0.510. The average molecular weight is 325 g/mol. The van der Waals surface area contributed by atoms with Crippen molar-refractivity contribution in [3.63, 3.8) is 0 Å². The summed E-state index contributed by atoms with van der Waals surface area (Å²) in [6.45, 7) is 6.12. The molecule has 1 rings (SSSR count). The van der Waals surface area contributed by atoms with Crippen LogP contribution in [0, 0.1) is 0 Å². The van der Waals surface area contributed by atoms with Gasteiger partial charge in [0.1, 0.15) is 0 Å². The molecule has 1 atom stereocenters. The maximum absolute atomic E-state index is 12.4. The summed E-state index contributed by atoms with van der Waals surface area (Å²) in [5.41, 5.74) is 0. The molecule has 0 spiro atoms. The first-order chi connectivity index (χ1) is 10.5. The third-order valence-corrected chi connectivity index (χ3v) is 4.07. The van der Waals surface area contributed by atoms with Gasteiger partial charge in [0.15, 0.2) is 0 Å². The molecule has 122 valence electrons. The second kappa shape index (κ2) is 9.19. The molecule has 3 amide bonds. The van der Waals surface area contributed by atoms with Crippen LogP contribution in [0.15, 0.2) is 17.5 Å². The highest BCUT2D eigenvalue weighted by molar-refractivity contribution is 7.10. The van der Waals surface area contributed by atoms with E-state index in [-0.39, 0.29) is 36.7 Å². The zero-order valence-electron chi connectivity index (χ0n) is 13.2. The molecule has 0 aliphatic heterocycles. The van der Waals surface area contributed by atoms with Crippen LogP contribution in [0.5, 0.6) is 0 Å². The molecule has 0 radical (unpaired) electrons. The first-order valence-corrected chi connectivity index (χ1v) is 8.20. The van der Waals surface area contributed by atoms with E-state index in [1.807, 2.05) is 31.4 Å². The lowest BCUT2D eigenvalue weighted by atomic mass is 10.1. The minimum absolute atomic E-state index is 0.0421. The number of hydrogen-bond acceptors (Lipinski definition) is 4. The highest BCUT2D eigenvalue weighted by atomic mass is 32.1. The molecule has 1 aromatic rings. The number of rotatable bonds is 8. The number of nitrogens with zero attached hydrogens (tertiary/aromatic N) is 1. The zero-order chi connectivity index (χ0) is 16.5. The molecule has 0 aliphatic rings. The first-order valence-electron chi connectivity index (χ1n) is 7.32. The maximum atomic E-state index is 12.4. The molecule has 1 unspecified atom stereocenters. The van der Waals surface area contributed by atoms with Crippen LogP contribution in [0.2, 0.25) is 0 Å². The SMILES string of the molecule is CCNC(=O)CN(CC)C(=O)CC(NC(C)=O)c1cccs1. The molecular formula is C15H23N3O3S. The average Bonchev–Trinajstić information content (AvgIpc) is 2.97. The number of likely N-dealkylation sites (N-methyl/N-ethyl adjacent to an activating group) is 2. The molecule has 0 aromatic carbocycles. The van der Waals surface area contributed by atoms with Gasteiger partial charge in [-0.3, -0.25) is 14.4 Å². The Morgan fingerprint density at radius 1 is 1.32 bits per heavy atom. The Balaban J connectivity index is 2.71. The number of carbonyl (C=O) groups excluding carboxylic acids is 3. The van der Waals surface area contributed by atoms with Crippen molar-refractivity contribution in [1.82, 2.24) is 15.5 Å². The molecule has 0 saturated carbocycles. The van der Waals surface area contributed by atoms with Crippen molar-refractivity contribution in [3.05, 3.63) is 22.4 Å². The molecule has 22 heavy (non-hydrogen) atoms. The summed E-state index contributed by atoms with van der Waals surface area (Å²) in [4.78, 5) is 37.8. The summed E-state index contributed by atoms with van der Waals surface area (Å²) >= 11 is 1.49. The predicted octanol–water partition coefficient (Wildman–Crippen LogP) is 1.30. The van der Waals surface area contributed by atoms with Crippen molar-refractivity contribution in [3.8, 4) is 0 Å². The van der Waals surface area contributed by atoms with Crippen molar-refractivity contribution < 1.29 is 14.4 Å². The molecule has 7 heteroatoms. The Hall–Kier alpha value is -1.89. The van der Waals surface area contributed by atoms with Crippen molar-refractivity contribution >= 4 is 29.1 Å². The van der Waals surface area contributed by atoms with Crippen molar-refractivity contribution in [2.24, 2.45) is 0 Å². The Morgan fingerprint density at radius 2 is 2.05 bits per heavy atom. The van der Waals surface area contributed by atoms with E-state index in [1.54, 1.807) is 0 Å². The predicted molar refractivity (Wildman–Crippen MR) is 86.4 cm³/mol. The van der Waals surface area contributed by atoms with E-state index >= 15 is 0 Å². The molecule has 1 heterocycles. The van der Waals surface area contributed by atoms with Crippen LogP contribution < -0.4 is 10.6 Å². The van der Waals surface area contributed by atoms with Crippen LogP contribution in [0.4, 0.5) is 0 Å². The van der Waals surface area contributed by atoms with Crippen LogP contribution in [-0.2, 0) is 14.4 Å². The van der Waals surface area contributed by atoms with Crippen molar-refractivity contribution in [2.45, 2.75) is 33.2 Å². The molecular weight excluding hydrogens is 302 g/mol. The number of carbonyl (C=O) groups is 3. The second-order valence-corrected chi connectivity index (χ2v) is 5.81. The highest BCUT2D eigenvalue weighted by Gasteiger charge is 2.22. The summed E-state index contributed by atoms with van der Waals surface area (Å²) in [5, 5.41) is 7.38. The second-order valence-electron chi connectivity index (χ2n) is 4.83. The Labute approximate surface area is 134 Å². The van der Waals surface area contributed by atoms with Crippen LogP contribution >= 0.6 is 11.3 Å². The van der Waals surface area contributed by atoms with Gasteiger partial charge in [0.2, 0.25) is 17.7 Å². The third kappa shape index (κ3) is 5.85. The fourth-order valence-electron chi connectivity index (χ4n) is 2.06. The smallest absolute Gasteiger partial charge is 0.239 e. The van der Waals surface area contributed by atoms with Gasteiger partial charge >= 0.3 is 0 Å². The molecule has 2 N–H and O–H groups in total. The van der Waals surface area contributed by atoms with Gasteiger partial charge in [-0.1, -0.05) is 6.07 Å². The largest absolute Gasteiger partial charge is 0.355 e. The lowest BCUT2D eigenvalue weighted by Crippen LogP contribution is -2.42. The quantitative estimate of drug-likeness (QED) is 0.756. The Bertz CT molecular complexity index is 502. The zero-order valence-corrected chi connectivity index (χ0v) is 14.0. The fourth-order valence-corrected chi connectivity index (χ4v) is 2.84. The number of thiophene rings is 1. The van der Waals surface area contributed by atoms with Crippen LogP contribution in [0.3, 0.4) is 0 Å². The van der Waals surface area contributed by atoms with E-state index in [0.29, 0.717) is 13.1 Å². The first kappa shape index (κ1) is 18.2. The van der Waals surface area contributed by atoms with Crippen LogP contribution in [-0.4, -0.2) is 42.3 Å². The van der Waals surface area contributed by atoms with E-state index in [2.05, 4.69) is 10.6 Å². The maximum Gasteiger partial charge on any atom is 0.239 e. The number of amides is 3. The monoisotopic (exact) mass is 325 g/mol. The lowest BCUT2D eigenvalue weighted by molar-refractivity contribution is -0.136. The van der Waals surface area contributed by atoms with Crippen molar-refractivity contribution in [1.29, 1.82) is 0 Å². The van der Waals surface area contributed by atoms with Gasteiger partial charge in [-0.15, -0.1) is 11.3 Å². The van der Waals surface area contributed by atoms with Gasteiger partial charge in [-0.2, -0.15) is 0 Å². The van der Waals surface area contributed by atoms with Gasteiger partial charge in [0, 0.05) is 24.9 Å². The van der Waals surface area contributed by atoms with Gasteiger partial charge in [-0.25, -0.2) is 0 Å². The topological polar surface area (TPSA) is 78.5 Å². The van der Waals surface area contributed by atoms with Crippen LogP contribution in [0.25, 0.3) is 0 Å². The summed E-state index contributed by atoms with van der Waals surface area (Å²) in [6, 6.07) is 3.41. The van der Waals surface area contributed by atoms with Gasteiger partial charge in [0.05, 0.1) is 19.0 Å². The van der Waals surface area contributed by atoms with Gasteiger partial charge in [-0.05, 0) is 25.3 Å². The molecule has 6 nitrogen and oxygen atoms in total. The normalized spacial score (nSPS) is 11.6. The van der Waals surface area contributed by atoms with Crippen LogP contribution in [0.1, 0.15) is 38.1 Å². The molecule has 0 aliphatic carbocycles. The van der Waals surface area contributed by atoms with Gasteiger partial charge in [0.25, 0.3) is 0 Å². The summed E-state index contributed by atoms with van der Waals surface area (Å²) < 4.78 is 0. The number of hydrogen-bond donors (Lipinski definition) is 2.